The molecular formula is C12H16BrNO4S. The van der Waals surface area contributed by atoms with E-state index in [0.717, 1.165) is 12.8 Å². The van der Waals surface area contributed by atoms with E-state index in [4.69, 9.17) is 4.74 Å². The Bertz CT molecular complexity index is 557. The van der Waals surface area contributed by atoms with Gasteiger partial charge in [0.2, 0.25) is 10.0 Å². The van der Waals surface area contributed by atoms with Gasteiger partial charge in [0.1, 0.15) is 5.75 Å². The third-order valence-electron chi connectivity index (χ3n) is 3.08. The summed E-state index contributed by atoms with van der Waals surface area (Å²) in [4.78, 5) is 0.142. The fourth-order valence-corrected chi connectivity index (χ4v) is 3.51. The molecule has 0 aliphatic heterocycles. The summed E-state index contributed by atoms with van der Waals surface area (Å²) in [7, 11) is -2.09. The lowest BCUT2D eigenvalue weighted by Crippen LogP contribution is -2.33. The third-order valence-corrected chi connectivity index (χ3v) is 5.12. The molecule has 2 N–H and O–H groups in total. The lowest BCUT2D eigenvalue weighted by atomic mass is 10.2. The quantitative estimate of drug-likeness (QED) is 0.816. The van der Waals surface area contributed by atoms with Gasteiger partial charge in [0, 0.05) is 6.54 Å². The van der Waals surface area contributed by atoms with Crippen LogP contribution in [-0.4, -0.2) is 33.3 Å². The number of sulfonamides is 1. The van der Waals surface area contributed by atoms with E-state index in [1.165, 1.54) is 19.2 Å². The average molecular weight is 350 g/mol. The van der Waals surface area contributed by atoms with E-state index in [-0.39, 0.29) is 17.4 Å². The van der Waals surface area contributed by atoms with Gasteiger partial charge in [-0.2, -0.15) is 0 Å². The summed E-state index contributed by atoms with van der Waals surface area (Å²) < 4.78 is 32.1. The first-order valence-corrected chi connectivity index (χ1v) is 8.23. The Kier molecular flexibility index (Phi) is 4.50. The van der Waals surface area contributed by atoms with E-state index in [1.807, 2.05) is 0 Å². The van der Waals surface area contributed by atoms with Crippen LogP contribution in [0.4, 0.5) is 0 Å². The van der Waals surface area contributed by atoms with Crippen molar-refractivity contribution in [3.8, 4) is 5.75 Å². The Morgan fingerprint density at radius 2 is 2.21 bits per heavy atom. The van der Waals surface area contributed by atoms with Gasteiger partial charge in [0.15, 0.2) is 0 Å². The molecule has 1 unspecified atom stereocenters. The van der Waals surface area contributed by atoms with Crippen molar-refractivity contribution in [3.63, 3.8) is 0 Å². The minimum atomic E-state index is -3.60. The van der Waals surface area contributed by atoms with Gasteiger partial charge in [0.25, 0.3) is 0 Å². The maximum absolute atomic E-state index is 12.0. The number of nitrogens with one attached hydrogen (secondary N) is 1. The van der Waals surface area contributed by atoms with Crippen molar-refractivity contribution < 1.29 is 18.3 Å². The van der Waals surface area contributed by atoms with Crippen LogP contribution in [0.25, 0.3) is 0 Å². The van der Waals surface area contributed by atoms with Crippen LogP contribution in [0.3, 0.4) is 0 Å². The van der Waals surface area contributed by atoms with Crippen LogP contribution >= 0.6 is 15.9 Å². The first-order valence-electron chi connectivity index (χ1n) is 5.95. The van der Waals surface area contributed by atoms with Crippen LogP contribution in [0.5, 0.6) is 5.75 Å². The fraction of sp³-hybridized carbons (Fsp3) is 0.500. The Labute approximate surface area is 121 Å². The monoisotopic (exact) mass is 349 g/mol. The summed E-state index contributed by atoms with van der Waals surface area (Å²) in [6, 6.07) is 4.52. The summed E-state index contributed by atoms with van der Waals surface area (Å²) >= 11 is 3.25. The van der Waals surface area contributed by atoms with Gasteiger partial charge in [-0.25, -0.2) is 13.1 Å². The van der Waals surface area contributed by atoms with Crippen LogP contribution in [0.2, 0.25) is 0 Å². The zero-order chi connectivity index (χ0) is 14.0. The molecule has 1 fully saturated rings. The van der Waals surface area contributed by atoms with E-state index in [9.17, 15) is 13.5 Å². The minimum Gasteiger partial charge on any atom is -0.496 e. The van der Waals surface area contributed by atoms with Gasteiger partial charge < -0.3 is 9.84 Å². The predicted molar refractivity (Wildman–Crippen MR) is 74.6 cm³/mol. The number of aliphatic hydroxyl groups is 1. The fourth-order valence-electron chi connectivity index (χ4n) is 1.74. The zero-order valence-corrected chi connectivity index (χ0v) is 12.9. The molecule has 0 amide bonds. The van der Waals surface area contributed by atoms with Crippen LogP contribution in [0.1, 0.15) is 12.8 Å². The van der Waals surface area contributed by atoms with Crippen molar-refractivity contribution in [1.29, 1.82) is 0 Å². The lowest BCUT2D eigenvalue weighted by molar-refractivity contribution is 0.155. The van der Waals surface area contributed by atoms with Gasteiger partial charge in [-0.1, -0.05) is 0 Å². The minimum absolute atomic E-state index is 0.0522. The number of benzene rings is 1. The summed E-state index contributed by atoms with van der Waals surface area (Å²) in [5.74, 6) is 0.808. The number of rotatable bonds is 6. The second-order valence-corrected chi connectivity index (χ2v) is 7.17. The molecule has 0 bridgehead atoms. The molecule has 0 aromatic heterocycles. The van der Waals surface area contributed by atoms with Crippen molar-refractivity contribution in [1.82, 2.24) is 4.72 Å². The number of ether oxygens (including phenoxy) is 1. The predicted octanol–water partition coefficient (Wildman–Crippen LogP) is 1.51. The number of hydrogen-bond donors (Lipinski definition) is 2. The SMILES string of the molecule is COc1ccc(S(=O)(=O)NCC(O)C2CC2)cc1Br. The van der Waals surface area contributed by atoms with Gasteiger partial charge >= 0.3 is 0 Å². The first-order chi connectivity index (χ1) is 8.94. The largest absolute Gasteiger partial charge is 0.496 e. The second kappa shape index (κ2) is 5.78. The summed E-state index contributed by atoms with van der Waals surface area (Å²) in [5.41, 5.74) is 0. The molecule has 1 aromatic rings. The Balaban J connectivity index is 2.07. The van der Waals surface area contributed by atoms with Gasteiger partial charge in [-0.15, -0.1) is 0 Å². The topological polar surface area (TPSA) is 75.6 Å². The molecule has 106 valence electrons. The van der Waals surface area contributed by atoms with Crippen LogP contribution in [-0.2, 0) is 10.0 Å². The highest BCUT2D eigenvalue weighted by molar-refractivity contribution is 9.10. The number of halogens is 1. The number of hydrogen-bond acceptors (Lipinski definition) is 4. The maximum atomic E-state index is 12.0. The Morgan fingerprint density at radius 1 is 1.53 bits per heavy atom. The molecule has 1 aliphatic rings. The summed E-state index contributed by atoms with van der Waals surface area (Å²) in [5, 5.41) is 9.68. The molecule has 2 rings (SSSR count). The second-order valence-electron chi connectivity index (χ2n) is 4.55. The number of aliphatic hydroxyl groups excluding tert-OH is 1. The highest BCUT2D eigenvalue weighted by atomic mass is 79.9. The van der Waals surface area contributed by atoms with Crippen molar-refractivity contribution in [3.05, 3.63) is 22.7 Å². The smallest absolute Gasteiger partial charge is 0.240 e. The van der Waals surface area contributed by atoms with Crippen molar-refractivity contribution >= 4 is 26.0 Å². The van der Waals surface area contributed by atoms with Gasteiger partial charge in [0.05, 0.1) is 22.6 Å². The van der Waals surface area contributed by atoms with E-state index >= 15 is 0 Å². The van der Waals surface area contributed by atoms with E-state index in [0.29, 0.717) is 10.2 Å². The summed E-state index contributed by atoms with van der Waals surface area (Å²) in [6.45, 7) is 0.0522. The molecule has 0 saturated heterocycles. The Morgan fingerprint density at radius 3 is 2.74 bits per heavy atom. The van der Waals surface area contributed by atoms with Crippen molar-refractivity contribution in [2.45, 2.75) is 23.8 Å². The third kappa shape index (κ3) is 3.68. The van der Waals surface area contributed by atoms with Gasteiger partial charge in [-0.05, 0) is 52.9 Å². The molecule has 0 heterocycles. The lowest BCUT2D eigenvalue weighted by Gasteiger charge is -2.12. The molecular weight excluding hydrogens is 334 g/mol. The van der Waals surface area contributed by atoms with E-state index in [1.54, 1.807) is 6.07 Å². The van der Waals surface area contributed by atoms with Crippen LogP contribution in [0, 0.1) is 5.92 Å². The molecule has 7 heteroatoms. The molecule has 1 saturated carbocycles. The van der Waals surface area contributed by atoms with Crippen molar-refractivity contribution in [2.24, 2.45) is 5.92 Å². The normalized spacial score (nSPS) is 17.2. The van der Waals surface area contributed by atoms with E-state index in [2.05, 4.69) is 20.7 Å². The molecule has 1 aliphatic carbocycles. The van der Waals surface area contributed by atoms with Crippen molar-refractivity contribution in [2.75, 3.05) is 13.7 Å². The first kappa shape index (κ1) is 14.8. The van der Waals surface area contributed by atoms with E-state index < -0.39 is 16.1 Å². The molecule has 19 heavy (non-hydrogen) atoms. The number of methoxy groups -OCH3 is 1. The van der Waals surface area contributed by atoms with Gasteiger partial charge in [-0.3, -0.25) is 0 Å². The average Bonchev–Trinajstić information content (AvgIpc) is 3.20. The van der Waals surface area contributed by atoms with Crippen LogP contribution < -0.4 is 9.46 Å². The summed E-state index contributed by atoms with van der Waals surface area (Å²) in [6.07, 6.45) is 1.34. The Hall–Kier alpha value is -0.630. The van der Waals surface area contributed by atoms with Crippen LogP contribution in [0.15, 0.2) is 27.6 Å². The molecule has 0 radical (unpaired) electrons. The highest BCUT2D eigenvalue weighted by Crippen LogP contribution is 2.32. The molecule has 1 atom stereocenters. The maximum Gasteiger partial charge on any atom is 0.240 e. The molecule has 5 nitrogen and oxygen atoms in total. The molecule has 0 spiro atoms. The standard InChI is InChI=1S/C12H16BrNO4S/c1-18-12-5-4-9(6-10(12)13)19(16,17)14-7-11(15)8-2-3-8/h4-6,8,11,14-15H,2-3,7H2,1H3. The highest BCUT2D eigenvalue weighted by Gasteiger charge is 2.30. The zero-order valence-electron chi connectivity index (χ0n) is 10.5. The molecule has 1 aromatic carbocycles.